The number of amides is 1. The summed E-state index contributed by atoms with van der Waals surface area (Å²) in [6, 6.07) is 8.13. The zero-order valence-electron chi connectivity index (χ0n) is 12.3. The van der Waals surface area contributed by atoms with Crippen LogP contribution in [0.5, 0.6) is 0 Å². The van der Waals surface area contributed by atoms with Gasteiger partial charge < -0.3 is 16.3 Å². The van der Waals surface area contributed by atoms with Gasteiger partial charge in [-0.25, -0.2) is 0 Å². The van der Waals surface area contributed by atoms with Gasteiger partial charge in [-0.05, 0) is 23.5 Å². The van der Waals surface area contributed by atoms with E-state index in [-0.39, 0.29) is 11.7 Å². The molecule has 0 spiro atoms. The maximum Gasteiger partial charge on any atom is 0.231 e. The Hall–Kier alpha value is -2.04. The van der Waals surface area contributed by atoms with Crippen LogP contribution < -0.4 is 11.1 Å². The number of rotatable bonds is 6. The van der Waals surface area contributed by atoms with Crippen LogP contribution in [0.15, 0.2) is 29.4 Å². The second-order valence-electron chi connectivity index (χ2n) is 5.10. The van der Waals surface area contributed by atoms with Crippen molar-refractivity contribution < 1.29 is 10.0 Å². The summed E-state index contributed by atoms with van der Waals surface area (Å²) in [6.45, 7) is 6.53. The summed E-state index contributed by atoms with van der Waals surface area (Å²) in [4.78, 5) is 11.9. The lowest BCUT2D eigenvalue weighted by molar-refractivity contribution is -0.123. The minimum absolute atomic E-state index is 0.0554. The third kappa shape index (κ3) is 4.26. The number of nitrogens with one attached hydrogen (secondary N) is 1. The van der Waals surface area contributed by atoms with Crippen LogP contribution in [0, 0.1) is 5.92 Å². The highest BCUT2D eigenvalue weighted by Crippen LogP contribution is 2.14. The Morgan fingerprint density at radius 2 is 1.95 bits per heavy atom. The van der Waals surface area contributed by atoms with Crippen molar-refractivity contribution in [3.05, 3.63) is 35.4 Å². The summed E-state index contributed by atoms with van der Waals surface area (Å²) in [5.74, 6) is -0.380. The lowest BCUT2D eigenvalue weighted by atomic mass is 10.0. The lowest BCUT2D eigenvalue weighted by Gasteiger charge is -2.13. The van der Waals surface area contributed by atoms with Crippen molar-refractivity contribution in [3.8, 4) is 0 Å². The fourth-order valence-electron chi connectivity index (χ4n) is 1.93. The second-order valence-corrected chi connectivity index (χ2v) is 5.10. The molecular weight excluding hydrogens is 254 g/mol. The molecule has 1 rings (SSSR count). The van der Waals surface area contributed by atoms with Gasteiger partial charge >= 0.3 is 0 Å². The number of hydrogen-bond donors (Lipinski definition) is 3. The summed E-state index contributed by atoms with van der Waals surface area (Å²) in [5.41, 5.74) is 7.78. The lowest BCUT2D eigenvalue weighted by Crippen LogP contribution is -2.38. The zero-order chi connectivity index (χ0) is 15.1. The molecule has 0 saturated carbocycles. The molecule has 0 heterocycles. The fraction of sp³-hybridized carbons (Fsp3) is 0.467. The van der Waals surface area contributed by atoms with Crippen LogP contribution in [0.25, 0.3) is 0 Å². The molecule has 4 N–H and O–H groups in total. The Labute approximate surface area is 119 Å². The first-order valence-electron chi connectivity index (χ1n) is 6.83. The van der Waals surface area contributed by atoms with Crippen LogP contribution in [0.4, 0.5) is 0 Å². The first kappa shape index (κ1) is 16.0. The number of carbonyl (C=O) groups excluding carboxylic acids is 1. The Kier molecular flexibility index (Phi) is 6.03. The summed E-state index contributed by atoms with van der Waals surface area (Å²) in [6.07, 6.45) is 0.494. The molecule has 0 aliphatic heterocycles. The van der Waals surface area contributed by atoms with E-state index in [9.17, 15) is 4.79 Å². The van der Waals surface area contributed by atoms with E-state index in [4.69, 9.17) is 10.9 Å². The first-order valence-corrected chi connectivity index (χ1v) is 6.83. The predicted molar refractivity (Wildman–Crippen MR) is 79.6 cm³/mol. The van der Waals surface area contributed by atoms with Crippen LogP contribution in [0.2, 0.25) is 0 Å². The van der Waals surface area contributed by atoms with Gasteiger partial charge in [-0.15, -0.1) is 0 Å². The van der Waals surface area contributed by atoms with Crippen LogP contribution in [-0.2, 0) is 11.3 Å². The van der Waals surface area contributed by atoms with Crippen molar-refractivity contribution in [2.75, 3.05) is 0 Å². The number of nitrogens with two attached hydrogens (primary N) is 1. The van der Waals surface area contributed by atoms with Crippen molar-refractivity contribution in [2.24, 2.45) is 16.8 Å². The normalized spacial score (nSPS) is 13.3. The van der Waals surface area contributed by atoms with Crippen molar-refractivity contribution >= 4 is 11.7 Å². The van der Waals surface area contributed by atoms with Crippen molar-refractivity contribution in [1.29, 1.82) is 0 Å². The van der Waals surface area contributed by atoms with E-state index in [1.165, 1.54) is 5.56 Å². The number of oxime groups is 1. The van der Waals surface area contributed by atoms with Crippen LogP contribution >= 0.6 is 0 Å². The highest BCUT2D eigenvalue weighted by Gasteiger charge is 2.20. The van der Waals surface area contributed by atoms with Crippen molar-refractivity contribution in [1.82, 2.24) is 5.32 Å². The standard InChI is InChI=1S/C15H23N3O2/c1-4-13(14(16)18-20)15(19)17-9-11-5-7-12(8-6-11)10(2)3/h5-8,10,13,20H,4,9H2,1-3H3,(H2,16,18)(H,17,19). The van der Waals surface area contributed by atoms with Gasteiger partial charge in [-0.2, -0.15) is 0 Å². The minimum Gasteiger partial charge on any atom is -0.409 e. The Morgan fingerprint density at radius 1 is 1.35 bits per heavy atom. The smallest absolute Gasteiger partial charge is 0.231 e. The quantitative estimate of drug-likeness (QED) is 0.322. The van der Waals surface area contributed by atoms with E-state index in [1.54, 1.807) is 0 Å². The Balaban J connectivity index is 2.60. The van der Waals surface area contributed by atoms with Gasteiger partial charge in [0, 0.05) is 6.54 Å². The number of benzene rings is 1. The maximum absolute atomic E-state index is 11.9. The van der Waals surface area contributed by atoms with E-state index in [0.29, 0.717) is 18.9 Å². The molecule has 0 radical (unpaired) electrons. The number of nitrogens with zero attached hydrogens (tertiary/aromatic N) is 1. The molecule has 110 valence electrons. The van der Waals surface area contributed by atoms with Gasteiger partial charge in [0.25, 0.3) is 0 Å². The van der Waals surface area contributed by atoms with Gasteiger partial charge in [-0.1, -0.05) is 50.2 Å². The van der Waals surface area contributed by atoms with Crippen LogP contribution in [-0.4, -0.2) is 17.0 Å². The molecule has 5 heteroatoms. The Bertz CT molecular complexity index is 467. The SMILES string of the molecule is CCC(C(=O)NCc1ccc(C(C)C)cc1)C(N)=NO. The summed E-state index contributed by atoms with van der Waals surface area (Å²) in [7, 11) is 0. The molecule has 0 aromatic heterocycles. The fourth-order valence-corrected chi connectivity index (χ4v) is 1.93. The van der Waals surface area contributed by atoms with E-state index >= 15 is 0 Å². The molecule has 0 fully saturated rings. The molecule has 0 bridgehead atoms. The van der Waals surface area contributed by atoms with Gasteiger partial charge in [0.1, 0.15) is 0 Å². The average molecular weight is 277 g/mol. The van der Waals surface area contributed by atoms with Gasteiger partial charge in [-0.3, -0.25) is 4.79 Å². The molecule has 0 aliphatic rings. The molecule has 0 aliphatic carbocycles. The van der Waals surface area contributed by atoms with Gasteiger partial charge in [0.05, 0.1) is 5.92 Å². The van der Waals surface area contributed by atoms with Crippen LogP contribution in [0.3, 0.4) is 0 Å². The largest absolute Gasteiger partial charge is 0.409 e. The highest BCUT2D eigenvalue weighted by atomic mass is 16.4. The maximum atomic E-state index is 11.9. The minimum atomic E-state index is -0.588. The predicted octanol–water partition coefficient (Wildman–Crippen LogP) is 2.20. The Morgan fingerprint density at radius 3 is 2.40 bits per heavy atom. The third-order valence-electron chi connectivity index (χ3n) is 3.31. The number of hydrogen-bond acceptors (Lipinski definition) is 3. The van der Waals surface area contributed by atoms with E-state index in [0.717, 1.165) is 5.56 Å². The molecule has 1 atom stereocenters. The van der Waals surface area contributed by atoms with Crippen molar-refractivity contribution in [2.45, 2.75) is 39.7 Å². The zero-order valence-corrected chi connectivity index (χ0v) is 12.3. The molecular formula is C15H23N3O2. The van der Waals surface area contributed by atoms with E-state index in [2.05, 4.69) is 36.5 Å². The summed E-state index contributed by atoms with van der Waals surface area (Å²) < 4.78 is 0. The molecule has 20 heavy (non-hydrogen) atoms. The van der Waals surface area contributed by atoms with E-state index in [1.807, 2.05) is 19.1 Å². The molecule has 5 nitrogen and oxygen atoms in total. The first-order chi connectivity index (χ1) is 9.49. The number of amidine groups is 1. The third-order valence-corrected chi connectivity index (χ3v) is 3.31. The molecule has 1 amide bonds. The van der Waals surface area contributed by atoms with Gasteiger partial charge in [0.2, 0.25) is 5.91 Å². The van der Waals surface area contributed by atoms with E-state index < -0.39 is 5.92 Å². The summed E-state index contributed by atoms with van der Waals surface area (Å²) >= 11 is 0. The van der Waals surface area contributed by atoms with Gasteiger partial charge in [0.15, 0.2) is 5.84 Å². The monoisotopic (exact) mass is 277 g/mol. The average Bonchev–Trinajstić information content (AvgIpc) is 2.46. The molecule has 1 aromatic carbocycles. The van der Waals surface area contributed by atoms with Crippen molar-refractivity contribution in [3.63, 3.8) is 0 Å². The number of carbonyl (C=O) groups is 1. The second kappa shape index (κ2) is 7.53. The topological polar surface area (TPSA) is 87.7 Å². The molecule has 1 aromatic rings. The summed E-state index contributed by atoms with van der Waals surface area (Å²) in [5, 5.41) is 14.3. The van der Waals surface area contributed by atoms with Crippen LogP contribution in [0.1, 0.15) is 44.2 Å². The highest BCUT2D eigenvalue weighted by molar-refractivity contribution is 6.01. The molecule has 1 unspecified atom stereocenters. The molecule has 0 saturated heterocycles.